The van der Waals surface area contributed by atoms with Gasteiger partial charge < -0.3 is 9.64 Å². The van der Waals surface area contributed by atoms with Crippen molar-refractivity contribution in [1.82, 2.24) is 14.9 Å². The number of nitrogens with zero attached hydrogens (tertiary/aromatic N) is 3. The molecule has 0 N–H and O–H groups in total. The third-order valence-corrected chi connectivity index (χ3v) is 4.28. The van der Waals surface area contributed by atoms with Gasteiger partial charge in [-0.2, -0.15) is 0 Å². The normalized spacial score (nSPS) is 23.0. The van der Waals surface area contributed by atoms with Crippen LogP contribution in [0.25, 0.3) is 0 Å². The zero-order valence-corrected chi connectivity index (χ0v) is 13.9. The molecule has 1 amide bonds. The SMILES string of the molecule is CCC(OC1CCCC(C)C1)C(=O)N(C)Cc1cnccn1. The predicted molar refractivity (Wildman–Crippen MR) is 85.1 cm³/mol. The van der Waals surface area contributed by atoms with Crippen molar-refractivity contribution in [3.63, 3.8) is 0 Å². The standard InChI is InChI=1S/C17H27N3O2/c1-4-16(22-15-7-5-6-13(2)10-15)17(21)20(3)12-14-11-18-8-9-19-14/h8-9,11,13,15-16H,4-7,10,12H2,1-3H3. The van der Waals surface area contributed by atoms with Crippen LogP contribution in [-0.2, 0) is 16.1 Å². The summed E-state index contributed by atoms with van der Waals surface area (Å²) in [4.78, 5) is 22.5. The fourth-order valence-electron chi connectivity index (χ4n) is 3.04. The highest BCUT2D eigenvalue weighted by atomic mass is 16.5. The third kappa shape index (κ3) is 4.77. The molecule has 3 unspecified atom stereocenters. The van der Waals surface area contributed by atoms with E-state index in [1.165, 1.54) is 12.8 Å². The summed E-state index contributed by atoms with van der Waals surface area (Å²) in [6.07, 6.45) is 10.2. The van der Waals surface area contributed by atoms with Gasteiger partial charge in [0.25, 0.3) is 5.91 Å². The Kier molecular flexibility index (Phi) is 6.31. The number of ether oxygens (including phenoxy) is 1. The molecular weight excluding hydrogens is 278 g/mol. The fraction of sp³-hybridized carbons (Fsp3) is 0.706. The Hall–Kier alpha value is -1.49. The first kappa shape index (κ1) is 16.9. The summed E-state index contributed by atoms with van der Waals surface area (Å²) in [7, 11) is 1.80. The molecule has 1 aliphatic rings. The molecule has 5 nitrogen and oxygen atoms in total. The van der Waals surface area contributed by atoms with Crippen molar-refractivity contribution >= 4 is 5.91 Å². The van der Waals surface area contributed by atoms with Gasteiger partial charge in [-0.15, -0.1) is 0 Å². The number of hydrogen-bond donors (Lipinski definition) is 0. The molecule has 1 fully saturated rings. The highest BCUT2D eigenvalue weighted by Gasteiger charge is 2.27. The minimum absolute atomic E-state index is 0.0337. The second kappa shape index (κ2) is 8.22. The number of aromatic nitrogens is 2. The Labute approximate surface area is 133 Å². The topological polar surface area (TPSA) is 55.3 Å². The zero-order valence-electron chi connectivity index (χ0n) is 13.9. The molecule has 0 bridgehead atoms. The van der Waals surface area contributed by atoms with Gasteiger partial charge in [-0.1, -0.05) is 26.7 Å². The van der Waals surface area contributed by atoms with Gasteiger partial charge in [0.2, 0.25) is 0 Å². The van der Waals surface area contributed by atoms with E-state index in [4.69, 9.17) is 4.74 Å². The molecule has 0 spiro atoms. The van der Waals surface area contributed by atoms with Gasteiger partial charge in [0, 0.05) is 19.4 Å². The van der Waals surface area contributed by atoms with Crippen molar-refractivity contribution < 1.29 is 9.53 Å². The van der Waals surface area contributed by atoms with E-state index in [2.05, 4.69) is 16.9 Å². The third-order valence-electron chi connectivity index (χ3n) is 4.28. The lowest BCUT2D eigenvalue weighted by Crippen LogP contribution is -2.40. The number of rotatable bonds is 6. The Morgan fingerprint density at radius 2 is 2.27 bits per heavy atom. The Bertz CT molecular complexity index is 466. The minimum Gasteiger partial charge on any atom is -0.365 e. The van der Waals surface area contributed by atoms with E-state index in [0.29, 0.717) is 18.9 Å². The summed E-state index contributed by atoms with van der Waals surface area (Å²) in [5.74, 6) is 0.732. The van der Waals surface area contributed by atoms with Crippen molar-refractivity contribution in [1.29, 1.82) is 0 Å². The summed E-state index contributed by atoms with van der Waals surface area (Å²) in [6, 6.07) is 0. The molecule has 0 radical (unpaired) electrons. The smallest absolute Gasteiger partial charge is 0.251 e. The van der Waals surface area contributed by atoms with Gasteiger partial charge in [0.15, 0.2) is 0 Å². The van der Waals surface area contributed by atoms with Crippen LogP contribution in [0, 0.1) is 5.92 Å². The lowest BCUT2D eigenvalue weighted by molar-refractivity contribution is -0.149. The van der Waals surface area contributed by atoms with Gasteiger partial charge in [-0.05, 0) is 25.2 Å². The predicted octanol–water partition coefficient (Wildman–Crippen LogP) is 2.81. The van der Waals surface area contributed by atoms with E-state index in [-0.39, 0.29) is 18.1 Å². The maximum Gasteiger partial charge on any atom is 0.251 e. The van der Waals surface area contributed by atoms with Crippen LogP contribution >= 0.6 is 0 Å². The summed E-state index contributed by atoms with van der Waals surface area (Å²) in [5, 5.41) is 0. The maximum absolute atomic E-state index is 12.6. The Balaban J connectivity index is 1.90. The van der Waals surface area contributed by atoms with Gasteiger partial charge in [0.05, 0.1) is 24.5 Å². The molecule has 1 heterocycles. The van der Waals surface area contributed by atoms with E-state index in [1.54, 1.807) is 30.5 Å². The van der Waals surface area contributed by atoms with Crippen LogP contribution < -0.4 is 0 Å². The summed E-state index contributed by atoms with van der Waals surface area (Å²) < 4.78 is 6.10. The molecule has 122 valence electrons. The molecule has 2 rings (SSSR count). The molecule has 0 aliphatic heterocycles. The molecule has 5 heteroatoms. The lowest BCUT2D eigenvalue weighted by Gasteiger charge is -2.31. The van der Waals surface area contributed by atoms with Crippen LogP contribution in [0.2, 0.25) is 0 Å². The van der Waals surface area contributed by atoms with E-state index < -0.39 is 0 Å². The lowest BCUT2D eigenvalue weighted by atomic mass is 9.88. The van der Waals surface area contributed by atoms with E-state index in [9.17, 15) is 4.79 Å². The number of amides is 1. The van der Waals surface area contributed by atoms with Crippen molar-refractivity contribution in [3.8, 4) is 0 Å². The quantitative estimate of drug-likeness (QED) is 0.811. The molecule has 3 atom stereocenters. The number of hydrogen-bond acceptors (Lipinski definition) is 4. The molecule has 1 aromatic rings. The minimum atomic E-state index is -0.350. The molecular formula is C17H27N3O2. The molecule has 22 heavy (non-hydrogen) atoms. The number of carbonyl (C=O) groups excluding carboxylic acids is 1. The highest BCUT2D eigenvalue weighted by Crippen LogP contribution is 2.27. The van der Waals surface area contributed by atoms with E-state index >= 15 is 0 Å². The zero-order chi connectivity index (χ0) is 15.9. The van der Waals surface area contributed by atoms with Crippen LogP contribution in [0.3, 0.4) is 0 Å². The van der Waals surface area contributed by atoms with Crippen molar-refractivity contribution in [2.45, 2.75) is 64.7 Å². The second-order valence-electron chi connectivity index (χ2n) is 6.32. The number of carbonyl (C=O) groups is 1. The first-order valence-corrected chi connectivity index (χ1v) is 8.25. The largest absolute Gasteiger partial charge is 0.365 e. The summed E-state index contributed by atoms with van der Waals surface area (Å²) >= 11 is 0. The molecule has 0 saturated heterocycles. The van der Waals surface area contributed by atoms with Crippen LogP contribution in [0.4, 0.5) is 0 Å². The van der Waals surface area contributed by atoms with Gasteiger partial charge in [0.1, 0.15) is 6.10 Å². The molecule has 1 aromatic heterocycles. The first-order chi connectivity index (χ1) is 10.6. The van der Waals surface area contributed by atoms with Crippen LogP contribution in [-0.4, -0.2) is 40.0 Å². The number of likely N-dealkylation sites (N-methyl/N-ethyl adjacent to an activating group) is 1. The van der Waals surface area contributed by atoms with Gasteiger partial charge in [-0.3, -0.25) is 14.8 Å². The van der Waals surface area contributed by atoms with E-state index in [1.807, 2.05) is 6.92 Å². The van der Waals surface area contributed by atoms with Crippen molar-refractivity contribution in [2.24, 2.45) is 5.92 Å². The summed E-state index contributed by atoms with van der Waals surface area (Å²) in [5.41, 5.74) is 0.791. The highest BCUT2D eigenvalue weighted by molar-refractivity contribution is 5.80. The average molecular weight is 305 g/mol. The molecule has 1 saturated carbocycles. The molecule has 0 aromatic carbocycles. The monoisotopic (exact) mass is 305 g/mol. The van der Waals surface area contributed by atoms with Gasteiger partial charge >= 0.3 is 0 Å². The maximum atomic E-state index is 12.6. The van der Waals surface area contributed by atoms with Crippen molar-refractivity contribution in [3.05, 3.63) is 24.3 Å². The van der Waals surface area contributed by atoms with Gasteiger partial charge in [-0.25, -0.2) is 0 Å². The van der Waals surface area contributed by atoms with Crippen molar-refractivity contribution in [2.75, 3.05) is 7.05 Å². The average Bonchev–Trinajstić information content (AvgIpc) is 2.53. The Morgan fingerprint density at radius 1 is 1.45 bits per heavy atom. The van der Waals surface area contributed by atoms with Crippen LogP contribution in [0.1, 0.15) is 51.6 Å². The Morgan fingerprint density at radius 3 is 2.91 bits per heavy atom. The second-order valence-corrected chi connectivity index (χ2v) is 6.32. The summed E-state index contributed by atoms with van der Waals surface area (Å²) in [6.45, 7) is 4.73. The van der Waals surface area contributed by atoms with Crippen LogP contribution in [0.5, 0.6) is 0 Å². The van der Waals surface area contributed by atoms with Crippen LogP contribution in [0.15, 0.2) is 18.6 Å². The first-order valence-electron chi connectivity index (χ1n) is 8.25. The molecule has 1 aliphatic carbocycles. The van der Waals surface area contributed by atoms with E-state index in [0.717, 1.165) is 18.5 Å². The fourth-order valence-corrected chi connectivity index (χ4v) is 3.04.